The van der Waals surface area contributed by atoms with Crippen LogP contribution in [0.3, 0.4) is 0 Å². The summed E-state index contributed by atoms with van der Waals surface area (Å²) < 4.78 is 7.05. The predicted octanol–water partition coefficient (Wildman–Crippen LogP) is 1.93. The van der Waals surface area contributed by atoms with Crippen molar-refractivity contribution in [2.45, 2.75) is 6.42 Å². The van der Waals surface area contributed by atoms with Crippen molar-refractivity contribution < 1.29 is 4.52 Å². The largest absolute Gasteiger partial charge is 0.339 e. The molecule has 3 aromatic rings. The highest BCUT2D eigenvalue weighted by Crippen LogP contribution is 2.15. The second-order valence-corrected chi connectivity index (χ2v) is 4.36. The summed E-state index contributed by atoms with van der Waals surface area (Å²) >= 11 is 0. The van der Waals surface area contributed by atoms with E-state index in [1.165, 1.54) is 0 Å². The second-order valence-electron chi connectivity index (χ2n) is 4.36. The standard InChI is InChI=1S/C14H11N5O/c1-19-7-6-16-14(19)13-17-12(20-18-13)8-10-2-4-11(9-15)5-3-10/h2-7H,8H2,1H3. The number of aromatic nitrogens is 4. The van der Waals surface area contributed by atoms with Crippen molar-refractivity contribution in [1.29, 1.82) is 5.26 Å². The van der Waals surface area contributed by atoms with E-state index >= 15 is 0 Å². The first kappa shape index (κ1) is 12.1. The summed E-state index contributed by atoms with van der Waals surface area (Å²) in [6, 6.07) is 9.38. The van der Waals surface area contributed by atoms with Crippen LogP contribution in [0.2, 0.25) is 0 Å². The first-order valence-electron chi connectivity index (χ1n) is 6.05. The molecule has 0 atom stereocenters. The van der Waals surface area contributed by atoms with Crippen LogP contribution in [0.1, 0.15) is 17.0 Å². The fourth-order valence-electron chi connectivity index (χ4n) is 1.87. The van der Waals surface area contributed by atoms with Crippen molar-refractivity contribution in [3.05, 3.63) is 53.7 Å². The predicted molar refractivity (Wildman–Crippen MR) is 70.5 cm³/mol. The Bertz CT molecular complexity index is 763. The zero-order valence-electron chi connectivity index (χ0n) is 10.8. The summed E-state index contributed by atoms with van der Waals surface area (Å²) in [5.41, 5.74) is 1.65. The Kier molecular flexibility index (Phi) is 3.01. The summed E-state index contributed by atoms with van der Waals surface area (Å²) in [5, 5.41) is 12.7. The number of aryl methyl sites for hydroxylation is 1. The van der Waals surface area contributed by atoms with Crippen LogP contribution >= 0.6 is 0 Å². The summed E-state index contributed by atoms with van der Waals surface area (Å²) in [5.74, 6) is 1.66. The molecule has 0 saturated heterocycles. The molecule has 0 amide bonds. The Balaban J connectivity index is 1.80. The van der Waals surface area contributed by atoms with Crippen molar-refractivity contribution in [2.75, 3.05) is 0 Å². The van der Waals surface area contributed by atoms with Crippen molar-refractivity contribution in [3.8, 4) is 17.7 Å². The molecule has 0 N–H and O–H groups in total. The minimum Gasteiger partial charge on any atom is -0.339 e. The third-order valence-corrected chi connectivity index (χ3v) is 2.93. The van der Waals surface area contributed by atoms with Crippen LogP contribution in [0.15, 0.2) is 41.2 Å². The van der Waals surface area contributed by atoms with Crippen molar-refractivity contribution >= 4 is 0 Å². The van der Waals surface area contributed by atoms with Gasteiger partial charge in [0.15, 0.2) is 5.82 Å². The molecule has 20 heavy (non-hydrogen) atoms. The molecular weight excluding hydrogens is 254 g/mol. The number of hydrogen-bond acceptors (Lipinski definition) is 5. The third kappa shape index (κ3) is 2.29. The van der Waals surface area contributed by atoms with Gasteiger partial charge >= 0.3 is 0 Å². The molecule has 6 nitrogen and oxygen atoms in total. The minimum absolute atomic E-state index is 0.473. The average Bonchev–Trinajstić information content (AvgIpc) is 3.08. The SMILES string of the molecule is Cn1ccnc1-c1noc(Cc2ccc(C#N)cc2)n1. The Morgan fingerprint density at radius 1 is 1.30 bits per heavy atom. The van der Waals surface area contributed by atoms with E-state index in [0.717, 1.165) is 5.56 Å². The Morgan fingerprint density at radius 2 is 2.10 bits per heavy atom. The molecular formula is C14H11N5O. The molecule has 2 aromatic heterocycles. The second kappa shape index (κ2) is 4.97. The van der Waals surface area contributed by atoms with Crippen LogP contribution in [0.25, 0.3) is 11.6 Å². The summed E-state index contributed by atoms with van der Waals surface area (Å²) in [6.45, 7) is 0. The number of nitriles is 1. The lowest BCUT2D eigenvalue weighted by Crippen LogP contribution is -1.93. The zero-order chi connectivity index (χ0) is 13.9. The van der Waals surface area contributed by atoms with Crippen molar-refractivity contribution in [1.82, 2.24) is 19.7 Å². The Labute approximate surface area is 115 Å². The maximum absolute atomic E-state index is 8.75. The molecule has 0 aliphatic heterocycles. The van der Waals surface area contributed by atoms with E-state index in [0.29, 0.717) is 29.5 Å². The maximum atomic E-state index is 8.75. The highest BCUT2D eigenvalue weighted by molar-refractivity contribution is 5.42. The molecule has 0 aliphatic carbocycles. The van der Waals surface area contributed by atoms with Crippen LogP contribution in [0.4, 0.5) is 0 Å². The molecule has 0 radical (unpaired) electrons. The number of rotatable bonds is 3. The van der Waals surface area contributed by atoms with Crippen molar-refractivity contribution in [3.63, 3.8) is 0 Å². The maximum Gasteiger partial charge on any atom is 0.238 e. The molecule has 6 heteroatoms. The highest BCUT2D eigenvalue weighted by Gasteiger charge is 2.12. The van der Waals surface area contributed by atoms with E-state index in [1.807, 2.05) is 29.9 Å². The van der Waals surface area contributed by atoms with Gasteiger partial charge in [0.25, 0.3) is 0 Å². The molecule has 0 saturated carbocycles. The summed E-state index contributed by atoms with van der Waals surface area (Å²) in [6.07, 6.45) is 4.04. The van der Waals surface area contributed by atoms with Gasteiger partial charge in [-0.05, 0) is 17.7 Å². The van der Waals surface area contributed by atoms with Gasteiger partial charge in [0.1, 0.15) is 0 Å². The quantitative estimate of drug-likeness (QED) is 0.722. The minimum atomic E-state index is 0.473. The van der Waals surface area contributed by atoms with E-state index in [2.05, 4.69) is 21.2 Å². The lowest BCUT2D eigenvalue weighted by Gasteiger charge is -1.96. The van der Waals surface area contributed by atoms with E-state index in [9.17, 15) is 0 Å². The van der Waals surface area contributed by atoms with Gasteiger partial charge in [-0.3, -0.25) is 0 Å². The smallest absolute Gasteiger partial charge is 0.238 e. The third-order valence-electron chi connectivity index (χ3n) is 2.93. The molecule has 98 valence electrons. The molecule has 2 heterocycles. The number of hydrogen-bond donors (Lipinski definition) is 0. The Morgan fingerprint density at radius 3 is 2.75 bits per heavy atom. The topological polar surface area (TPSA) is 80.5 Å². The van der Waals surface area contributed by atoms with Crippen LogP contribution in [-0.2, 0) is 13.5 Å². The summed E-state index contributed by atoms with van der Waals surface area (Å²) in [4.78, 5) is 8.50. The monoisotopic (exact) mass is 265 g/mol. The van der Waals surface area contributed by atoms with Crippen LogP contribution in [0.5, 0.6) is 0 Å². The molecule has 0 fully saturated rings. The molecule has 0 bridgehead atoms. The van der Waals surface area contributed by atoms with Gasteiger partial charge in [-0.1, -0.05) is 17.3 Å². The fraction of sp³-hybridized carbons (Fsp3) is 0.143. The first-order valence-corrected chi connectivity index (χ1v) is 6.05. The van der Waals surface area contributed by atoms with Gasteiger partial charge < -0.3 is 9.09 Å². The van der Waals surface area contributed by atoms with Gasteiger partial charge in [0.2, 0.25) is 11.7 Å². The van der Waals surface area contributed by atoms with Crippen LogP contribution in [-0.4, -0.2) is 19.7 Å². The number of imidazole rings is 1. The normalized spacial score (nSPS) is 10.4. The number of benzene rings is 1. The lowest BCUT2D eigenvalue weighted by atomic mass is 10.1. The van der Waals surface area contributed by atoms with Gasteiger partial charge in [0.05, 0.1) is 18.1 Å². The molecule has 3 rings (SSSR count). The van der Waals surface area contributed by atoms with Crippen LogP contribution < -0.4 is 0 Å². The Hall–Kier alpha value is -2.94. The highest BCUT2D eigenvalue weighted by atomic mass is 16.5. The lowest BCUT2D eigenvalue weighted by molar-refractivity contribution is 0.385. The van der Waals surface area contributed by atoms with E-state index in [1.54, 1.807) is 18.3 Å². The molecule has 0 spiro atoms. The van der Waals surface area contributed by atoms with E-state index in [-0.39, 0.29) is 0 Å². The van der Waals surface area contributed by atoms with Crippen LogP contribution in [0, 0.1) is 11.3 Å². The van der Waals surface area contributed by atoms with Gasteiger partial charge in [-0.15, -0.1) is 0 Å². The molecule has 0 aliphatic rings. The van der Waals surface area contributed by atoms with Gasteiger partial charge in [0, 0.05) is 19.4 Å². The van der Waals surface area contributed by atoms with E-state index in [4.69, 9.17) is 9.78 Å². The summed E-state index contributed by atoms with van der Waals surface area (Å²) in [7, 11) is 1.87. The van der Waals surface area contributed by atoms with Crippen molar-refractivity contribution in [2.24, 2.45) is 7.05 Å². The van der Waals surface area contributed by atoms with E-state index < -0.39 is 0 Å². The van der Waals surface area contributed by atoms with Gasteiger partial charge in [-0.25, -0.2) is 4.98 Å². The van der Waals surface area contributed by atoms with Gasteiger partial charge in [-0.2, -0.15) is 10.2 Å². The fourth-order valence-corrected chi connectivity index (χ4v) is 1.87. The molecule has 0 unspecified atom stereocenters. The zero-order valence-corrected chi connectivity index (χ0v) is 10.8. The first-order chi connectivity index (χ1) is 9.76. The number of nitrogens with zero attached hydrogens (tertiary/aromatic N) is 5. The molecule has 1 aromatic carbocycles. The average molecular weight is 265 g/mol.